The van der Waals surface area contributed by atoms with Gasteiger partial charge in [-0.15, -0.1) is 0 Å². The molecule has 0 spiro atoms. The third kappa shape index (κ3) is 1.13. The van der Waals surface area contributed by atoms with Gasteiger partial charge in [-0.1, -0.05) is 6.42 Å². The van der Waals surface area contributed by atoms with Crippen LogP contribution in [0, 0.1) is 5.92 Å². The van der Waals surface area contributed by atoms with Gasteiger partial charge in [-0.3, -0.25) is 4.79 Å². The lowest BCUT2D eigenvalue weighted by molar-refractivity contribution is -0.156. The number of carbonyl (C=O) groups excluding carboxylic acids is 1. The Morgan fingerprint density at radius 2 is 2.21 bits per heavy atom. The van der Waals surface area contributed by atoms with E-state index in [0.717, 1.165) is 12.8 Å². The second-order valence-electron chi connectivity index (χ2n) is 4.43. The summed E-state index contributed by atoms with van der Waals surface area (Å²) in [5.41, 5.74) is -0.866. The van der Waals surface area contributed by atoms with E-state index in [2.05, 4.69) is 0 Å². The molecular weight excluding hydrogens is 182 g/mol. The van der Waals surface area contributed by atoms with Crippen molar-refractivity contribution in [2.24, 2.45) is 5.92 Å². The molecule has 1 N–H and O–H groups in total. The number of likely N-dealkylation sites (tertiary alicyclic amines) is 1. The SMILES string of the molecule is CC(=O)N1C[C@H]2CCC[C@]1(C(=O)O)C2. The third-order valence-electron chi connectivity index (χ3n) is 3.56. The number of hydrogen-bond donors (Lipinski definition) is 1. The number of rotatable bonds is 1. The Bertz CT molecular complexity index is 289. The van der Waals surface area contributed by atoms with E-state index in [1.54, 1.807) is 4.90 Å². The molecule has 78 valence electrons. The molecule has 0 radical (unpaired) electrons. The molecule has 1 aliphatic carbocycles. The van der Waals surface area contributed by atoms with Crippen LogP contribution in [0.25, 0.3) is 0 Å². The molecule has 4 nitrogen and oxygen atoms in total. The molecule has 2 fully saturated rings. The van der Waals surface area contributed by atoms with Gasteiger partial charge in [0.1, 0.15) is 5.54 Å². The van der Waals surface area contributed by atoms with Gasteiger partial charge in [0, 0.05) is 13.5 Å². The van der Waals surface area contributed by atoms with Crippen molar-refractivity contribution in [2.45, 2.75) is 38.1 Å². The molecule has 1 amide bonds. The van der Waals surface area contributed by atoms with Crippen LogP contribution in [0.15, 0.2) is 0 Å². The third-order valence-corrected chi connectivity index (χ3v) is 3.56. The first-order valence-corrected chi connectivity index (χ1v) is 5.08. The first kappa shape index (κ1) is 9.49. The topological polar surface area (TPSA) is 57.6 Å². The highest BCUT2D eigenvalue weighted by Gasteiger charge is 2.54. The number of fused-ring (bicyclic) bond motifs is 2. The minimum Gasteiger partial charge on any atom is -0.479 e. The number of nitrogens with zero attached hydrogens (tertiary/aromatic N) is 1. The highest BCUT2D eigenvalue weighted by Crippen LogP contribution is 2.44. The van der Waals surface area contributed by atoms with Gasteiger partial charge in [-0.05, 0) is 25.2 Å². The van der Waals surface area contributed by atoms with Crippen LogP contribution in [0.5, 0.6) is 0 Å². The molecule has 1 heterocycles. The lowest BCUT2D eigenvalue weighted by Gasteiger charge is -2.34. The summed E-state index contributed by atoms with van der Waals surface area (Å²) in [6.45, 7) is 2.10. The molecule has 2 aliphatic rings. The monoisotopic (exact) mass is 197 g/mol. The van der Waals surface area contributed by atoms with Crippen molar-refractivity contribution in [1.82, 2.24) is 4.90 Å². The van der Waals surface area contributed by atoms with E-state index in [-0.39, 0.29) is 5.91 Å². The van der Waals surface area contributed by atoms with Gasteiger partial charge >= 0.3 is 5.97 Å². The van der Waals surface area contributed by atoms with Crippen LogP contribution in [0.3, 0.4) is 0 Å². The predicted octanol–water partition coefficient (Wildman–Crippen LogP) is 0.862. The van der Waals surface area contributed by atoms with Gasteiger partial charge in [-0.2, -0.15) is 0 Å². The number of amides is 1. The summed E-state index contributed by atoms with van der Waals surface area (Å²) in [5.74, 6) is -0.518. The Kier molecular flexibility index (Phi) is 2.01. The number of carbonyl (C=O) groups is 2. The van der Waals surface area contributed by atoms with Crippen molar-refractivity contribution in [3.05, 3.63) is 0 Å². The standard InChI is InChI=1S/C10H15NO3/c1-7(12)11-6-8-3-2-4-10(11,5-8)9(13)14/h8H,2-6H2,1H3,(H,13,14)/t8-,10+/m0/s1. The fourth-order valence-electron chi connectivity index (χ4n) is 2.94. The Labute approximate surface area is 82.9 Å². The van der Waals surface area contributed by atoms with Crippen LogP contribution >= 0.6 is 0 Å². The summed E-state index contributed by atoms with van der Waals surface area (Å²) in [6, 6.07) is 0. The molecule has 2 rings (SSSR count). The van der Waals surface area contributed by atoms with Crippen molar-refractivity contribution >= 4 is 11.9 Å². The van der Waals surface area contributed by atoms with Crippen molar-refractivity contribution in [3.8, 4) is 0 Å². The summed E-state index contributed by atoms with van der Waals surface area (Å²) in [5, 5.41) is 9.24. The fourth-order valence-corrected chi connectivity index (χ4v) is 2.94. The molecule has 1 aliphatic heterocycles. The second kappa shape index (κ2) is 2.97. The maximum absolute atomic E-state index is 11.4. The van der Waals surface area contributed by atoms with E-state index < -0.39 is 11.5 Å². The number of carboxylic acids is 1. The Balaban J connectivity index is 2.34. The zero-order valence-electron chi connectivity index (χ0n) is 8.32. The second-order valence-corrected chi connectivity index (χ2v) is 4.43. The van der Waals surface area contributed by atoms with Gasteiger partial charge in [0.15, 0.2) is 0 Å². The average molecular weight is 197 g/mol. The first-order valence-electron chi connectivity index (χ1n) is 5.08. The van der Waals surface area contributed by atoms with E-state index in [0.29, 0.717) is 25.3 Å². The molecule has 2 bridgehead atoms. The predicted molar refractivity (Wildman–Crippen MR) is 49.7 cm³/mol. The maximum Gasteiger partial charge on any atom is 0.329 e. The van der Waals surface area contributed by atoms with Crippen LogP contribution < -0.4 is 0 Å². The summed E-state index contributed by atoms with van der Waals surface area (Å²) >= 11 is 0. The molecule has 2 atom stereocenters. The largest absolute Gasteiger partial charge is 0.479 e. The normalized spacial score (nSPS) is 35.8. The van der Waals surface area contributed by atoms with Crippen LogP contribution in [0.1, 0.15) is 32.6 Å². The zero-order valence-corrected chi connectivity index (χ0v) is 8.32. The summed E-state index contributed by atoms with van der Waals surface area (Å²) in [6.07, 6.45) is 3.28. The van der Waals surface area contributed by atoms with Crippen LogP contribution in [-0.2, 0) is 9.59 Å². The number of aliphatic carboxylic acids is 1. The minimum atomic E-state index is -0.866. The Hall–Kier alpha value is -1.06. The highest BCUT2D eigenvalue weighted by molar-refractivity contribution is 5.87. The molecular formula is C10H15NO3. The number of carboxylic acid groups (broad SMARTS) is 1. The quantitative estimate of drug-likeness (QED) is 0.678. The average Bonchev–Trinajstić information content (AvgIpc) is 2.39. The molecule has 0 aromatic rings. The lowest BCUT2D eigenvalue weighted by atomic mass is 9.80. The molecule has 4 heteroatoms. The zero-order chi connectivity index (χ0) is 10.3. The van der Waals surface area contributed by atoms with E-state index in [4.69, 9.17) is 0 Å². The first-order chi connectivity index (χ1) is 6.56. The molecule has 0 aromatic carbocycles. The van der Waals surface area contributed by atoms with Gasteiger partial charge in [0.05, 0.1) is 0 Å². The van der Waals surface area contributed by atoms with Gasteiger partial charge in [0.2, 0.25) is 5.91 Å². The minimum absolute atomic E-state index is 0.100. The van der Waals surface area contributed by atoms with E-state index in [9.17, 15) is 14.7 Å². The van der Waals surface area contributed by atoms with E-state index >= 15 is 0 Å². The molecule has 1 saturated carbocycles. The maximum atomic E-state index is 11.4. The van der Waals surface area contributed by atoms with Gasteiger partial charge < -0.3 is 10.0 Å². The summed E-state index contributed by atoms with van der Waals surface area (Å²) < 4.78 is 0. The molecule has 0 unspecified atom stereocenters. The van der Waals surface area contributed by atoms with Crippen molar-refractivity contribution in [2.75, 3.05) is 6.54 Å². The smallest absolute Gasteiger partial charge is 0.329 e. The van der Waals surface area contributed by atoms with E-state index in [1.165, 1.54) is 6.92 Å². The summed E-state index contributed by atoms with van der Waals surface area (Å²) in [7, 11) is 0. The van der Waals surface area contributed by atoms with E-state index in [1.807, 2.05) is 0 Å². The van der Waals surface area contributed by atoms with Crippen LogP contribution in [0.4, 0.5) is 0 Å². The molecule has 14 heavy (non-hydrogen) atoms. The number of hydrogen-bond acceptors (Lipinski definition) is 2. The van der Waals surface area contributed by atoms with Crippen molar-refractivity contribution in [3.63, 3.8) is 0 Å². The highest BCUT2D eigenvalue weighted by atomic mass is 16.4. The lowest BCUT2D eigenvalue weighted by Crippen LogP contribution is -2.52. The van der Waals surface area contributed by atoms with Crippen molar-refractivity contribution < 1.29 is 14.7 Å². The molecule has 0 aromatic heterocycles. The fraction of sp³-hybridized carbons (Fsp3) is 0.800. The Morgan fingerprint density at radius 1 is 1.50 bits per heavy atom. The summed E-state index contributed by atoms with van der Waals surface area (Å²) in [4.78, 5) is 24.2. The van der Waals surface area contributed by atoms with Gasteiger partial charge in [-0.25, -0.2) is 4.79 Å². The van der Waals surface area contributed by atoms with Crippen molar-refractivity contribution in [1.29, 1.82) is 0 Å². The van der Waals surface area contributed by atoms with Gasteiger partial charge in [0.25, 0.3) is 0 Å². The van der Waals surface area contributed by atoms with Crippen LogP contribution in [0.2, 0.25) is 0 Å². The molecule has 1 saturated heterocycles. The van der Waals surface area contributed by atoms with Crippen LogP contribution in [-0.4, -0.2) is 34.0 Å². The Morgan fingerprint density at radius 3 is 2.79 bits per heavy atom.